The first-order valence-corrected chi connectivity index (χ1v) is 5.79. The summed E-state index contributed by atoms with van der Waals surface area (Å²) in [5, 5.41) is 1.61. The average Bonchev–Trinajstić information content (AvgIpc) is 2.59. The predicted molar refractivity (Wildman–Crippen MR) is 50.0 cm³/mol. The van der Waals surface area contributed by atoms with E-state index in [2.05, 4.69) is 41.7 Å². The molecular formula is C8H8P2. The van der Waals surface area contributed by atoms with E-state index in [-0.39, 0.29) is 7.53 Å². The minimum Gasteiger partial charge on any atom is -0.128 e. The maximum Gasteiger partial charge on any atom is 0.0141 e. The highest BCUT2D eigenvalue weighted by Crippen LogP contribution is 2.43. The normalized spacial score (nSPS) is 10.8. The van der Waals surface area contributed by atoms with Crippen LogP contribution in [0.3, 0.4) is 0 Å². The van der Waals surface area contributed by atoms with Crippen molar-refractivity contribution in [3.8, 4) is 5.04 Å². The Morgan fingerprint density at radius 1 is 1.10 bits per heavy atom. The molecule has 1 unspecified atom stereocenters. The van der Waals surface area contributed by atoms with Crippen LogP contribution in [0.15, 0.2) is 41.7 Å². The van der Waals surface area contributed by atoms with Crippen LogP contribution in [-0.4, -0.2) is 0 Å². The van der Waals surface area contributed by atoms with Gasteiger partial charge in [-0.3, -0.25) is 0 Å². The Balaban J connectivity index is 2.48. The Morgan fingerprint density at radius 2 is 1.90 bits per heavy atom. The molecule has 0 aliphatic heterocycles. The lowest BCUT2D eigenvalue weighted by molar-refractivity contribution is 2.03. The summed E-state index contributed by atoms with van der Waals surface area (Å²) in [5.74, 6) is 6.86. The van der Waals surface area contributed by atoms with Crippen LogP contribution in [0.1, 0.15) is 0 Å². The van der Waals surface area contributed by atoms with Gasteiger partial charge < -0.3 is 0 Å². The van der Waals surface area contributed by atoms with Crippen molar-refractivity contribution in [2.45, 2.75) is 0 Å². The van der Waals surface area contributed by atoms with Gasteiger partial charge in [0.1, 0.15) is 0 Å². The van der Waals surface area contributed by atoms with Crippen LogP contribution >= 0.6 is 15.7 Å². The van der Waals surface area contributed by atoms with E-state index in [1.165, 1.54) is 0 Å². The lowest BCUT2D eigenvalue weighted by Crippen LogP contribution is -1.41. The zero-order valence-corrected chi connectivity index (χ0v) is 7.38. The lowest BCUT2D eigenvalue weighted by atomic mass is 10.7. The summed E-state index contributed by atoms with van der Waals surface area (Å²) in [5.41, 5.74) is 0. The summed E-state index contributed by atoms with van der Waals surface area (Å²) in [6.45, 7) is 0. The second kappa shape index (κ2) is 2.66. The maximum atomic E-state index is 2.31. The number of rotatable bonds is 1. The van der Waals surface area contributed by atoms with Gasteiger partial charge in [0.2, 0.25) is 0 Å². The first kappa shape index (κ1) is 6.28. The van der Waals surface area contributed by atoms with Crippen molar-refractivity contribution < 1.29 is 0 Å². The Morgan fingerprint density at radius 3 is 2.50 bits per heavy atom. The van der Waals surface area contributed by atoms with Crippen molar-refractivity contribution in [2.24, 2.45) is 0 Å². The van der Waals surface area contributed by atoms with Crippen molar-refractivity contribution in [1.29, 1.82) is 0 Å². The molecular weight excluding hydrogens is 158 g/mol. The van der Waals surface area contributed by atoms with Crippen molar-refractivity contribution >= 4 is 15.7 Å². The van der Waals surface area contributed by atoms with Gasteiger partial charge in [-0.25, -0.2) is 0 Å². The summed E-state index contributed by atoms with van der Waals surface area (Å²) in [4.78, 5) is 0. The summed E-state index contributed by atoms with van der Waals surface area (Å²) >= 11 is 0. The standard InChI is InChI=1S/C8H8P2/c1-2-7-10(6-1)8-4-3-5-9-8/h1-7,9H. The van der Waals surface area contributed by atoms with E-state index in [4.69, 9.17) is 0 Å². The molecule has 2 aromatic rings. The first-order valence-electron chi connectivity index (χ1n) is 3.23. The molecule has 0 saturated carbocycles. The van der Waals surface area contributed by atoms with Gasteiger partial charge in [0.25, 0.3) is 0 Å². The highest BCUT2D eigenvalue weighted by Gasteiger charge is 1.92. The van der Waals surface area contributed by atoms with E-state index in [1.807, 2.05) is 0 Å². The van der Waals surface area contributed by atoms with Crippen molar-refractivity contribution in [2.75, 3.05) is 0 Å². The van der Waals surface area contributed by atoms with E-state index in [9.17, 15) is 0 Å². The van der Waals surface area contributed by atoms with E-state index in [0.29, 0.717) is 0 Å². The molecule has 2 aromatic heterocycles. The predicted octanol–water partition coefficient (Wildman–Crippen LogP) is 3.69. The highest BCUT2D eigenvalue weighted by molar-refractivity contribution is 7.66. The molecule has 2 rings (SSSR count). The van der Waals surface area contributed by atoms with Gasteiger partial charge in [-0.1, -0.05) is 25.7 Å². The Hall–Kier alpha value is -0.440. The third kappa shape index (κ3) is 1.06. The monoisotopic (exact) mass is 166 g/mol. The quantitative estimate of drug-likeness (QED) is 0.605. The molecule has 0 bridgehead atoms. The Kier molecular flexibility index (Phi) is 1.67. The van der Waals surface area contributed by atoms with Gasteiger partial charge in [-0.2, -0.15) is 0 Å². The van der Waals surface area contributed by atoms with Gasteiger partial charge >= 0.3 is 0 Å². The molecule has 1 atom stereocenters. The number of hydrogen-bond acceptors (Lipinski definition) is 0. The van der Waals surface area contributed by atoms with E-state index in [1.54, 1.807) is 5.04 Å². The maximum absolute atomic E-state index is 2.31. The van der Waals surface area contributed by atoms with E-state index in [0.717, 1.165) is 8.19 Å². The van der Waals surface area contributed by atoms with E-state index >= 15 is 0 Å². The molecule has 0 spiro atoms. The van der Waals surface area contributed by atoms with Gasteiger partial charge in [0.05, 0.1) is 0 Å². The van der Waals surface area contributed by atoms with Crippen LogP contribution < -0.4 is 0 Å². The third-order valence-electron chi connectivity index (χ3n) is 1.46. The molecule has 0 radical (unpaired) electrons. The van der Waals surface area contributed by atoms with Gasteiger partial charge in [-0.05, 0) is 23.5 Å². The Bertz CT molecular complexity index is 247. The first-order chi connectivity index (χ1) is 4.97. The molecule has 0 amide bonds. The fourth-order valence-corrected chi connectivity index (χ4v) is 4.05. The molecule has 0 aliphatic carbocycles. The minimum absolute atomic E-state index is 0.00360. The van der Waals surface area contributed by atoms with E-state index < -0.39 is 0 Å². The highest BCUT2D eigenvalue weighted by atomic mass is 31.1. The van der Waals surface area contributed by atoms with Crippen LogP contribution in [0.4, 0.5) is 0 Å². The molecule has 10 heavy (non-hydrogen) atoms. The minimum atomic E-state index is 0.00360. The zero-order valence-electron chi connectivity index (χ0n) is 5.49. The van der Waals surface area contributed by atoms with Crippen molar-refractivity contribution in [3.05, 3.63) is 41.7 Å². The molecule has 0 fully saturated rings. The SMILES string of the molecule is c1c[pH]c(-p2cccc2)c1. The fourth-order valence-electron chi connectivity index (χ4n) is 0.977. The van der Waals surface area contributed by atoms with Crippen LogP contribution in [0.2, 0.25) is 0 Å². The largest absolute Gasteiger partial charge is 0.128 e. The van der Waals surface area contributed by atoms with Crippen LogP contribution in [0, 0.1) is 0 Å². The molecule has 2 heterocycles. The third-order valence-corrected chi connectivity index (χ3v) is 5.14. The average molecular weight is 166 g/mol. The van der Waals surface area contributed by atoms with Crippen LogP contribution in [-0.2, 0) is 0 Å². The van der Waals surface area contributed by atoms with Crippen molar-refractivity contribution in [1.82, 2.24) is 0 Å². The van der Waals surface area contributed by atoms with Gasteiger partial charge in [0.15, 0.2) is 0 Å². The summed E-state index contributed by atoms with van der Waals surface area (Å²) in [6.07, 6.45) is 0. The molecule has 2 heteroatoms. The van der Waals surface area contributed by atoms with Gasteiger partial charge in [-0.15, -0.1) is 8.19 Å². The molecule has 0 nitrogen and oxygen atoms in total. The second-order valence-corrected chi connectivity index (χ2v) is 5.62. The summed E-state index contributed by atoms with van der Waals surface area (Å²) in [6, 6.07) is 8.71. The zero-order chi connectivity index (χ0) is 6.81. The Labute approximate surface area is 63.0 Å². The van der Waals surface area contributed by atoms with Crippen LogP contribution in [0.5, 0.6) is 0 Å². The summed E-state index contributed by atoms with van der Waals surface area (Å²) in [7, 11) is 0.944. The van der Waals surface area contributed by atoms with Crippen molar-refractivity contribution in [3.63, 3.8) is 0 Å². The smallest absolute Gasteiger partial charge is 0.0141 e. The van der Waals surface area contributed by atoms with Gasteiger partial charge in [0, 0.05) is 5.04 Å². The molecule has 0 saturated heterocycles. The summed E-state index contributed by atoms with van der Waals surface area (Å²) < 4.78 is 0. The molecule has 50 valence electrons. The second-order valence-electron chi connectivity index (χ2n) is 2.15. The molecule has 0 aromatic carbocycles. The number of hydrogen-bond donors (Lipinski definition) is 0. The van der Waals surface area contributed by atoms with Crippen LogP contribution in [0.25, 0.3) is 5.04 Å². The molecule has 0 aliphatic rings. The molecule has 0 N–H and O–H groups in total. The lowest BCUT2D eigenvalue weighted by Gasteiger charge is -1.89. The topological polar surface area (TPSA) is 0 Å². The fraction of sp³-hybridized carbons (Fsp3) is 0.